The van der Waals surface area contributed by atoms with Gasteiger partial charge < -0.3 is 10.4 Å². The molecule has 3 rings (SSSR count). The molecule has 0 atom stereocenters. The first-order valence-electron chi connectivity index (χ1n) is 7.52. The van der Waals surface area contributed by atoms with Crippen LogP contribution in [0, 0.1) is 9.39 Å². The van der Waals surface area contributed by atoms with Gasteiger partial charge >= 0.3 is 0 Å². The molecular formula is C17H15ClFIN2O3. The molecule has 8 heteroatoms. The van der Waals surface area contributed by atoms with E-state index < -0.39 is 17.3 Å². The summed E-state index contributed by atoms with van der Waals surface area (Å²) in [5.41, 5.74) is 2.43. The van der Waals surface area contributed by atoms with Crippen molar-refractivity contribution < 1.29 is 19.1 Å². The lowest BCUT2D eigenvalue weighted by Gasteiger charge is -2.14. The maximum absolute atomic E-state index is 13.6. The van der Waals surface area contributed by atoms with Gasteiger partial charge in [-0.2, -0.15) is 0 Å². The Bertz CT molecular complexity index is 814. The van der Waals surface area contributed by atoms with Gasteiger partial charge in [0, 0.05) is 3.57 Å². The van der Waals surface area contributed by atoms with E-state index in [1.807, 2.05) is 6.07 Å². The molecule has 1 saturated carbocycles. The Kier molecular flexibility index (Phi) is 5.47. The van der Waals surface area contributed by atoms with Crippen molar-refractivity contribution in [2.75, 3.05) is 11.9 Å². The molecule has 0 aliphatic heterocycles. The number of nitrogens with one attached hydrogen (secondary N) is 2. The highest BCUT2D eigenvalue weighted by Gasteiger charge is 2.41. The topological polar surface area (TPSA) is 70.6 Å². The maximum atomic E-state index is 13.6. The summed E-state index contributed by atoms with van der Waals surface area (Å²) in [6, 6.07) is 9.08. The number of hydrogen-bond acceptors (Lipinski definition) is 4. The second-order valence-electron chi connectivity index (χ2n) is 5.88. The lowest BCUT2D eigenvalue weighted by atomic mass is 10.1. The van der Waals surface area contributed by atoms with E-state index in [1.54, 1.807) is 12.1 Å². The fourth-order valence-electron chi connectivity index (χ4n) is 2.13. The zero-order valence-electron chi connectivity index (χ0n) is 13.0. The zero-order chi connectivity index (χ0) is 18.0. The number of carbonyl (C=O) groups is 1. The van der Waals surface area contributed by atoms with E-state index in [-0.39, 0.29) is 17.9 Å². The number of amides is 1. The van der Waals surface area contributed by atoms with Crippen LogP contribution in [-0.2, 0) is 4.84 Å². The van der Waals surface area contributed by atoms with Crippen molar-refractivity contribution in [3.05, 3.63) is 56.4 Å². The van der Waals surface area contributed by atoms with E-state index >= 15 is 0 Å². The fraction of sp³-hybridized carbons (Fsp3) is 0.235. The van der Waals surface area contributed by atoms with Crippen LogP contribution in [0.25, 0.3) is 0 Å². The van der Waals surface area contributed by atoms with Crippen LogP contribution in [0.4, 0.5) is 15.8 Å². The molecule has 0 bridgehead atoms. The Hall–Kier alpha value is -1.42. The fourth-order valence-corrected chi connectivity index (χ4v) is 3.04. The smallest absolute Gasteiger partial charge is 0.276 e. The Balaban J connectivity index is 1.76. The van der Waals surface area contributed by atoms with E-state index in [1.165, 1.54) is 18.2 Å². The van der Waals surface area contributed by atoms with Gasteiger partial charge in [0.1, 0.15) is 12.4 Å². The van der Waals surface area contributed by atoms with Crippen molar-refractivity contribution >= 4 is 51.5 Å². The van der Waals surface area contributed by atoms with E-state index in [0.717, 1.165) is 3.57 Å². The highest BCUT2D eigenvalue weighted by atomic mass is 127. The number of carbonyl (C=O) groups excluding carboxylic acids is 1. The number of hydroxylamine groups is 1. The number of hydrogen-bond donors (Lipinski definition) is 3. The number of halogens is 3. The molecule has 0 saturated heterocycles. The average molecular weight is 477 g/mol. The molecular weight excluding hydrogens is 462 g/mol. The number of benzene rings is 2. The molecule has 1 fully saturated rings. The molecule has 132 valence electrons. The molecule has 1 aliphatic carbocycles. The number of anilines is 2. The van der Waals surface area contributed by atoms with Gasteiger partial charge in [-0.25, -0.2) is 9.87 Å². The van der Waals surface area contributed by atoms with Gasteiger partial charge in [-0.1, -0.05) is 11.6 Å². The predicted octanol–water partition coefficient (Wildman–Crippen LogP) is 4.01. The summed E-state index contributed by atoms with van der Waals surface area (Å²) in [5, 5.41) is 13.1. The molecule has 0 radical (unpaired) electrons. The van der Waals surface area contributed by atoms with Gasteiger partial charge in [-0.05, 0) is 71.8 Å². The van der Waals surface area contributed by atoms with Gasteiger partial charge in [0.2, 0.25) is 0 Å². The van der Waals surface area contributed by atoms with Crippen LogP contribution < -0.4 is 10.8 Å². The SMILES string of the molecule is O=C(NOCC1(O)CC1)c1ccc(F)cc1Nc1ccc(I)cc1Cl. The molecule has 0 heterocycles. The molecule has 2 aromatic carbocycles. The molecule has 0 spiro atoms. The monoisotopic (exact) mass is 476 g/mol. The molecule has 25 heavy (non-hydrogen) atoms. The summed E-state index contributed by atoms with van der Waals surface area (Å²) in [6.45, 7) is 0.0195. The van der Waals surface area contributed by atoms with Gasteiger partial charge in [0.15, 0.2) is 0 Å². The predicted molar refractivity (Wildman–Crippen MR) is 101 cm³/mol. The first-order valence-corrected chi connectivity index (χ1v) is 8.98. The zero-order valence-corrected chi connectivity index (χ0v) is 15.9. The van der Waals surface area contributed by atoms with Crippen molar-refractivity contribution in [3.63, 3.8) is 0 Å². The largest absolute Gasteiger partial charge is 0.387 e. The van der Waals surface area contributed by atoms with E-state index in [0.29, 0.717) is 23.6 Å². The van der Waals surface area contributed by atoms with Crippen molar-refractivity contribution in [3.8, 4) is 0 Å². The Morgan fingerprint density at radius 2 is 2.04 bits per heavy atom. The minimum absolute atomic E-state index is 0.0195. The van der Waals surface area contributed by atoms with Crippen LogP contribution in [0.5, 0.6) is 0 Å². The van der Waals surface area contributed by atoms with Crippen LogP contribution in [0.2, 0.25) is 5.02 Å². The van der Waals surface area contributed by atoms with Gasteiger partial charge in [0.05, 0.1) is 27.6 Å². The standard InChI is InChI=1S/C17H15ClFIN2O3/c18-13-8-11(20)2-4-14(13)21-15-7-10(19)1-3-12(15)16(23)22-25-9-17(24)5-6-17/h1-4,7-8,21,24H,5-6,9H2,(H,22,23). The molecule has 0 unspecified atom stereocenters. The molecule has 1 aliphatic rings. The molecule has 3 N–H and O–H groups in total. The van der Waals surface area contributed by atoms with Crippen LogP contribution in [-0.4, -0.2) is 23.2 Å². The molecule has 2 aromatic rings. The van der Waals surface area contributed by atoms with Gasteiger partial charge in [-0.3, -0.25) is 9.63 Å². The second kappa shape index (κ2) is 7.45. The Morgan fingerprint density at radius 1 is 1.28 bits per heavy atom. The quantitative estimate of drug-likeness (QED) is 0.435. The van der Waals surface area contributed by atoms with E-state index in [2.05, 4.69) is 33.4 Å². The van der Waals surface area contributed by atoms with E-state index in [4.69, 9.17) is 16.4 Å². The third kappa shape index (κ3) is 4.81. The first kappa shape index (κ1) is 18.4. The van der Waals surface area contributed by atoms with Crippen LogP contribution in [0.1, 0.15) is 23.2 Å². The number of aliphatic hydroxyl groups is 1. The van der Waals surface area contributed by atoms with Gasteiger partial charge in [-0.15, -0.1) is 0 Å². The summed E-state index contributed by atoms with van der Waals surface area (Å²) in [5.74, 6) is -1.04. The highest BCUT2D eigenvalue weighted by Crippen LogP contribution is 2.34. The molecule has 0 aromatic heterocycles. The third-order valence-electron chi connectivity index (χ3n) is 3.76. The minimum Gasteiger partial charge on any atom is -0.387 e. The summed E-state index contributed by atoms with van der Waals surface area (Å²) in [7, 11) is 0. The maximum Gasteiger partial charge on any atom is 0.276 e. The normalized spacial score (nSPS) is 14.9. The Morgan fingerprint density at radius 3 is 2.72 bits per heavy atom. The molecule has 5 nitrogen and oxygen atoms in total. The summed E-state index contributed by atoms with van der Waals surface area (Å²) < 4.78 is 14.6. The molecule has 1 amide bonds. The van der Waals surface area contributed by atoms with Crippen molar-refractivity contribution in [2.24, 2.45) is 0 Å². The van der Waals surface area contributed by atoms with E-state index in [9.17, 15) is 14.3 Å². The van der Waals surface area contributed by atoms with Crippen molar-refractivity contribution in [1.82, 2.24) is 5.48 Å². The highest BCUT2D eigenvalue weighted by molar-refractivity contribution is 14.1. The summed E-state index contributed by atoms with van der Waals surface area (Å²) in [4.78, 5) is 17.4. The van der Waals surface area contributed by atoms with Crippen molar-refractivity contribution in [1.29, 1.82) is 0 Å². The summed E-state index contributed by atoms with van der Waals surface area (Å²) in [6.07, 6.45) is 1.30. The summed E-state index contributed by atoms with van der Waals surface area (Å²) >= 11 is 8.31. The van der Waals surface area contributed by atoms with Crippen LogP contribution >= 0.6 is 34.2 Å². The Labute approximate surface area is 162 Å². The van der Waals surface area contributed by atoms with Gasteiger partial charge in [0.25, 0.3) is 5.91 Å². The second-order valence-corrected chi connectivity index (χ2v) is 7.54. The minimum atomic E-state index is -0.841. The van der Waals surface area contributed by atoms with Crippen LogP contribution in [0.3, 0.4) is 0 Å². The third-order valence-corrected chi connectivity index (χ3v) is 4.74. The first-order chi connectivity index (χ1) is 11.9. The lowest BCUT2D eigenvalue weighted by Crippen LogP contribution is -2.29. The number of rotatable bonds is 6. The van der Waals surface area contributed by atoms with Crippen molar-refractivity contribution in [2.45, 2.75) is 18.4 Å². The van der Waals surface area contributed by atoms with Crippen LogP contribution in [0.15, 0.2) is 36.4 Å². The average Bonchev–Trinajstić information content (AvgIpc) is 3.28. The lowest BCUT2D eigenvalue weighted by molar-refractivity contribution is -0.0230.